The Balaban J connectivity index is 4.72. The van der Waals surface area contributed by atoms with Crippen LogP contribution in [-0.4, -0.2) is 47.5 Å². The molecule has 0 spiro atoms. The number of carbonyl (C=O) groups excluding carboxylic acids is 1. The highest BCUT2D eigenvalue weighted by molar-refractivity contribution is 8.94. The predicted octanol–water partition coefficient (Wildman–Crippen LogP) is 25.6. The maximum atomic E-state index is 13.3. The summed E-state index contributed by atoms with van der Waals surface area (Å²) in [6.45, 7) is 13.0. The van der Waals surface area contributed by atoms with Crippen molar-refractivity contribution in [3.8, 4) is 0 Å². The third-order valence-electron chi connectivity index (χ3n) is 15.2. The number of rotatable bonds is 66. The monoisotopic (exact) mass is 1210 g/mol. The molecule has 0 aliphatic rings. The summed E-state index contributed by atoms with van der Waals surface area (Å²) in [5.41, 5.74) is 0.168. The molecule has 0 fully saturated rings. The van der Waals surface area contributed by atoms with E-state index in [1.807, 2.05) is 29.7 Å². The minimum Gasteiger partial charge on any atom is -0.378 e. The fraction of sp³-hybridized carbons (Fsp3) is 0.984. The lowest BCUT2D eigenvalue weighted by atomic mass is 10.0. The molecule has 452 valence electrons. The van der Waals surface area contributed by atoms with Crippen LogP contribution in [0.5, 0.6) is 0 Å². The molecule has 0 bridgehead atoms. The summed E-state index contributed by atoms with van der Waals surface area (Å²) in [5, 5.41) is 1.51. The summed E-state index contributed by atoms with van der Waals surface area (Å²) in [5.74, 6) is 1.67. The first kappa shape index (κ1) is 77.8. The number of unbranched alkanes of at least 4 members (excludes halogenated alkanes) is 44. The molecular weight excluding hydrogens is 1090 g/mol. The van der Waals surface area contributed by atoms with Crippen LogP contribution in [-0.2, 0) is 37.9 Å². The van der Waals surface area contributed by atoms with Crippen molar-refractivity contribution in [1.29, 1.82) is 0 Å². The van der Waals surface area contributed by atoms with E-state index in [9.17, 15) is 4.79 Å². The largest absolute Gasteiger partial charge is 0.378 e. The van der Waals surface area contributed by atoms with E-state index in [2.05, 4.69) is 33.0 Å². The van der Waals surface area contributed by atoms with Gasteiger partial charge in [0, 0.05) is 19.0 Å². The summed E-state index contributed by atoms with van der Waals surface area (Å²) >= 11 is 19.2. The van der Waals surface area contributed by atoms with E-state index in [4.69, 9.17) is 33.1 Å². The normalized spacial score (nSPS) is 13.3. The first-order chi connectivity index (χ1) is 37.4. The molecule has 1 N–H and O–H groups in total. The molecule has 0 aromatic heterocycles. The third kappa shape index (κ3) is 60.4. The van der Waals surface area contributed by atoms with Gasteiger partial charge in [-0.15, -0.1) is 0 Å². The summed E-state index contributed by atoms with van der Waals surface area (Å²) in [6, 6.07) is 0. The molecule has 0 saturated heterocycles. The Morgan fingerprint density at radius 2 is 0.684 bits per heavy atom. The second kappa shape index (κ2) is 66.0. The van der Waals surface area contributed by atoms with Crippen LogP contribution >= 0.6 is 55.7 Å². The van der Waals surface area contributed by atoms with Gasteiger partial charge in [-0.3, -0.25) is 4.79 Å². The van der Waals surface area contributed by atoms with Crippen molar-refractivity contribution >= 4 is 85.2 Å². The number of nitrogens with one attached hydrogen (secondary N) is 1. The van der Waals surface area contributed by atoms with Crippen molar-refractivity contribution in [2.45, 2.75) is 379 Å². The fourth-order valence-corrected chi connectivity index (χ4v) is 23.3. The van der Waals surface area contributed by atoms with E-state index in [1.54, 1.807) is 22.8 Å². The molecule has 12 heteroatoms. The van der Waals surface area contributed by atoms with E-state index >= 15 is 0 Å². The zero-order chi connectivity index (χ0) is 55.3. The molecule has 5 atom stereocenters. The maximum absolute atomic E-state index is 13.3. The van der Waals surface area contributed by atoms with Gasteiger partial charge < -0.3 is 14.8 Å². The Labute approximate surface area is 504 Å². The molecule has 0 aromatic rings. The fourth-order valence-electron chi connectivity index (χ4n) is 10.1. The SMILES string of the molecule is CCCCCCCCCCCCCCCOC(CCCCCCCCCCCC)CCS[P+](=S)SC(C)C(=O)NCS[P+](=S)SC(CCCCCCCCCCCCCC)OCCCCCCCCCCCCCCC. The second-order valence-electron chi connectivity index (χ2n) is 22.7. The molecule has 0 saturated carbocycles. The Bertz CT molecular complexity index is 1210. The van der Waals surface area contributed by atoms with Crippen LogP contribution in [0.25, 0.3) is 0 Å². The van der Waals surface area contributed by atoms with Crippen molar-refractivity contribution < 1.29 is 14.3 Å². The van der Waals surface area contributed by atoms with Gasteiger partial charge in [-0.2, -0.15) is 0 Å². The molecule has 76 heavy (non-hydrogen) atoms. The molecule has 0 aromatic carbocycles. The lowest BCUT2D eigenvalue weighted by Gasteiger charge is -2.17. The number of ether oxygens (including phenoxy) is 2. The van der Waals surface area contributed by atoms with E-state index in [0.717, 1.165) is 38.2 Å². The smallest absolute Gasteiger partial charge is 0.321 e. The van der Waals surface area contributed by atoms with Gasteiger partial charge in [0.1, 0.15) is 62.1 Å². The van der Waals surface area contributed by atoms with Gasteiger partial charge in [0.25, 0.3) is 0 Å². The van der Waals surface area contributed by atoms with Crippen molar-refractivity contribution in [3.63, 3.8) is 0 Å². The van der Waals surface area contributed by atoms with Crippen LogP contribution in [0.1, 0.15) is 362 Å². The lowest BCUT2D eigenvalue weighted by molar-refractivity contribution is -0.119. The van der Waals surface area contributed by atoms with Crippen LogP contribution in [0, 0.1) is 0 Å². The zero-order valence-electron chi connectivity index (χ0n) is 51.2. The molecule has 1 amide bonds. The average Bonchev–Trinajstić information content (AvgIpc) is 3.41. The van der Waals surface area contributed by atoms with Crippen molar-refractivity contribution in [2.24, 2.45) is 0 Å². The van der Waals surface area contributed by atoms with E-state index in [-0.39, 0.29) is 16.6 Å². The maximum Gasteiger partial charge on any atom is 0.321 e. The van der Waals surface area contributed by atoms with E-state index < -0.39 is 10.2 Å². The molecule has 0 radical (unpaired) electrons. The molecular formula is C64H129NO3P2S6+2. The van der Waals surface area contributed by atoms with Crippen molar-refractivity contribution in [3.05, 3.63) is 0 Å². The third-order valence-corrected chi connectivity index (χ3v) is 29.6. The number of amides is 1. The number of hydrogen-bond donors (Lipinski definition) is 1. The summed E-state index contributed by atoms with van der Waals surface area (Å²) < 4.78 is 13.2. The van der Waals surface area contributed by atoms with Crippen LogP contribution < -0.4 is 5.32 Å². The first-order valence-corrected chi connectivity index (χ1v) is 44.3. The number of hydrogen-bond acceptors (Lipinski definition) is 9. The van der Waals surface area contributed by atoms with Crippen molar-refractivity contribution in [1.82, 2.24) is 5.32 Å². The molecule has 4 nitrogen and oxygen atoms in total. The minimum atomic E-state index is -0.773. The summed E-state index contributed by atoms with van der Waals surface area (Å²) in [6.07, 6.45) is 69.5. The minimum absolute atomic E-state index is 0.0884. The highest BCUT2D eigenvalue weighted by Crippen LogP contribution is 2.54. The quantitative estimate of drug-likeness (QED) is 0.0365. The number of carbonyl (C=O) groups is 1. The molecule has 0 heterocycles. The average molecular weight is 1220 g/mol. The summed E-state index contributed by atoms with van der Waals surface area (Å²) in [4.78, 5) is 13.3. The Morgan fingerprint density at radius 3 is 1.05 bits per heavy atom. The first-order valence-electron chi connectivity index (χ1n) is 33.4. The molecule has 0 aliphatic heterocycles. The van der Waals surface area contributed by atoms with Gasteiger partial charge in [0.2, 0.25) is 5.91 Å². The zero-order valence-corrected chi connectivity index (χ0v) is 57.9. The summed E-state index contributed by atoms with van der Waals surface area (Å²) in [7, 11) is 0. The van der Waals surface area contributed by atoms with Gasteiger partial charge in [-0.25, -0.2) is 0 Å². The van der Waals surface area contributed by atoms with E-state index in [0.29, 0.717) is 12.0 Å². The van der Waals surface area contributed by atoms with Crippen LogP contribution in [0.2, 0.25) is 0 Å². The van der Waals surface area contributed by atoms with Gasteiger partial charge in [-0.05, 0) is 45.4 Å². The highest BCUT2D eigenvalue weighted by Gasteiger charge is 2.28. The topological polar surface area (TPSA) is 47.6 Å². The molecule has 0 rings (SSSR count). The molecule has 0 aliphatic carbocycles. The van der Waals surface area contributed by atoms with E-state index in [1.165, 1.54) is 308 Å². The van der Waals surface area contributed by atoms with Gasteiger partial charge in [0.05, 0.1) is 6.10 Å². The van der Waals surface area contributed by atoms with Crippen LogP contribution in [0.15, 0.2) is 0 Å². The molecule has 5 unspecified atom stereocenters. The lowest BCUT2D eigenvalue weighted by Crippen LogP contribution is -2.29. The second-order valence-corrected chi connectivity index (χ2v) is 40.0. The van der Waals surface area contributed by atoms with Crippen molar-refractivity contribution in [2.75, 3.05) is 24.8 Å². The standard InChI is InChI=1S/C64H128NO3P2S6/c1-6-10-14-18-22-26-30-33-36-40-44-48-52-57-67-62(54-50-46-42-38-29-25-21-17-13-9-4)56-59-73-69(71)75-61(5)64(66)65-60-74-70(72)76-63(55-51-47-43-39-35-32-28-24-20-16-12-8-3)68-58-53-49-45-41-37-34-31-27-23-19-15-11-7-2/h61-63H,6-60H2,1-5H3/q+1/p+1. The van der Waals surface area contributed by atoms with Gasteiger partial charge >= 0.3 is 10.2 Å². The Kier molecular flexibility index (Phi) is 67.6. The predicted molar refractivity (Wildman–Crippen MR) is 364 cm³/mol. The van der Waals surface area contributed by atoms with Gasteiger partial charge in [0.15, 0.2) is 23.6 Å². The van der Waals surface area contributed by atoms with Crippen LogP contribution in [0.3, 0.4) is 0 Å². The van der Waals surface area contributed by atoms with Crippen LogP contribution in [0.4, 0.5) is 0 Å². The highest BCUT2D eigenvalue weighted by atomic mass is 33.2. The Morgan fingerprint density at radius 1 is 0.382 bits per heavy atom. The van der Waals surface area contributed by atoms with Gasteiger partial charge in [-0.1, -0.05) is 317 Å². The Hall–Kier alpha value is 1.83.